The molecule has 0 aromatic rings. The second-order valence-corrected chi connectivity index (χ2v) is 6.04. The summed E-state index contributed by atoms with van der Waals surface area (Å²) in [5, 5.41) is 0. The van der Waals surface area contributed by atoms with Crippen LogP contribution in [0.25, 0.3) is 0 Å². The minimum Gasteiger partial charge on any atom is -0.305 e. The molecule has 0 aliphatic rings. The Morgan fingerprint density at radius 1 is 1.27 bits per heavy atom. The summed E-state index contributed by atoms with van der Waals surface area (Å²) >= 11 is 10.4. The maximum atomic E-state index is 13.4. The van der Waals surface area contributed by atoms with Crippen molar-refractivity contribution in [3.8, 4) is 0 Å². The van der Waals surface area contributed by atoms with Crippen molar-refractivity contribution in [2.24, 2.45) is 0 Å². The molecule has 0 aliphatic heterocycles. The Bertz CT molecular complexity index is 228. The van der Waals surface area contributed by atoms with E-state index in [9.17, 15) is 13.3 Å². The fraction of sp³-hybridized carbons (Fsp3) is 1.00. The molecule has 0 aromatic carbocycles. The predicted octanol–water partition coefficient (Wildman–Crippen LogP) is 4.04. The first-order valence-corrected chi connectivity index (χ1v) is 6.75. The zero-order chi connectivity index (χ0) is 12.1. The summed E-state index contributed by atoms with van der Waals surface area (Å²) < 4.78 is 47.5. The molecule has 92 valence electrons. The van der Waals surface area contributed by atoms with Gasteiger partial charge in [-0.15, -0.1) is 23.2 Å². The lowest BCUT2D eigenvalue weighted by atomic mass is 10.5. The lowest BCUT2D eigenvalue weighted by molar-refractivity contribution is 0.0347. The van der Waals surface area contributed by atoms with E-state index in [0.717, 1.165) is 0 Å². The van der Waals surface area contributed by atoms with Crippen molar-refractivity contribution in [1.29, 1.82) is 0 Å². The van der Waals surface area contributed by atoms with Gasteiger partial charge in [0.1, 0.15) is 4.84 Å². The summed E-state index contributed by atoms with van der Waals surface area (Å²) in [4.78, 5) is -1.32. The van der Waals surface area contributed by atoms with E-state index < -0.39 is 24.5 Å². The molecule has 0 rings (SSSR count). The molecule has 0 atom stereocenters. The van der Waals surface area contributed by atoms with Crippen LogP contribution in [-0.2, 0) is 13.6 Å². The zero-order valence-corrected chi connectivity index (χ0v) is 10.8. The average molecular weight is 285 g/mol. The van der Waals surface area contributed by atoms with E-state index in [1.54, 1.807) is 0 Å². The molecule has 0 radical (unpaired) electrons. The minimum absolute atomic E-state index is 0.137. The van der Waals surface area contributed by atoms with Crippen LogP contribution in [0.2, 0.25) is 0 Å². The van der Waals surface area contributed by atoms with E-state index in [2.05, 4.69) is 9.05 Å². The molecule has 0 unspecified atom stereocenters. The lowest BCUT2D eigenvalue weighted by Crippen LogP contribution is -2.22. The number of hydrogen-bond donors (Lipinski definition) is 0. The van der Waals surface area contributed by atoms with Gasteiger partial charge in [-0.3, -0.25) is 4.57 Å². The van der Waals surface area contributed by atoms with Gasteiger partial charge in [-0.1, -0.05) is 0 Å². The van der Waals surface area contributed by atoms with Crippen molar-refractivity contribution in [2.45, 2.75) is 30.8 Å². The summed E-state index contributed by atoms with van der Waals surface area (Å²) in [6, 6.07) is 0. The van der Waals surface area contributed by atoms with Gasteiger partial charge in [0, 0.05) is 0 Å². The Morgan fingerprint density at radius 2 is 1.67 bits per heavy atom. The van der Waals surface area contributed by atoms with Gasteiger partial charge in [-0.05, 0) is 13.8 Å². The number of alkyl halides is 4. The summed E-state index contributed by atoms with van der Waals surface area (Å²) in [5.41, 5.74) is -3.67. The van der Waals surface area contributed by atoms with Gasteiger partial charge in [0.2, 0.25) is 0 Å². The highest BCUT2D eigenvalue weighted by molar-refractivity contribution is 7.55. The van der Waals surface area contributed by atoms with Crippen LogP contribution in [0.5, 0.6) is 0 Å². The van der Waals surface area contributed by atoms with Crippen LogP contribution in [-0.4, -0.2) is 23.7 Å². The second kappa shape index (κ2) is 6.36. The summed E-state index contributed by atoms with van der Waals surface area (Å²) in [6.07, 6.45) is -0.965. The highest BCUT2D eigenvalue weighted by atomic mass is 35.5. The normalized spacial score (nSPS) is 13.5. The van der Waals surface area contributed by atoms with Crippen molar-refractivity contribution in [1.82, 2.24) is 0 Å². The molecule has 8 heteroatoms. The molecule has 0 bridgehead atoms. The summed E-state index contributed by atoms with van der Waals surface area (Å²) in [7, 11) is -4.48. The van der Waals surface area contributed by atoms with Gasteiger partial charge >= 0.3 is 13.3 Å². The highest BCUT2D eigenvalue weighted by Gasteiger charge is 2.53. The fourth-order valence-corrected chi connectivity index (χ4v) is 3.00. The molecule has 3 nitrogen and oxygen atoms in total. The summed E-state index contributed by atoms with van der Waals surface area (Å²) in [5.74, 6) is 0. The molecule has 0 spiro atoms. The highest BCUT2D eigenvalue weighted by Crippen LogP contribution is 2.63. The van der Waals surface area contributed by atoms with E-state index in [1.807, 2.05) is 0 Å². The van der Waals surface area contributed by atoms with Crippen molar-refractivity contribution in [3.63, 3.8) is 0 Å². The van der Waals surface area contributed by atoms with Crippen molar-refractivity contribution >= 4 is 30.8 Å². The first-order chi connectivity index (χ1) is 6.79. The Balaban J connectivity index is 4.80. The lowest BCUT2D eigenvalue weighted by Gasteiger charge is -2.25. The van der Waals surface area contributed by atoms with Gasteiger partial charge in [-0.25, -0.2) is 0 Å². The van der Waals surface area contributed by atoms with Gasteiger partial charge in [0.05, 0.1) is 19.6 Å². The Labute approximate surface area is 97.6 Å². The van der Waals surface area contributed by atoms with Crippen LogP contribution in [0, 0.1) is 0 Å². The molecule has 0 aliphatic carbocycles. The van der Waals surface area contributed by atoms with E-state index in [-0.39, 0.29) is 13.2 Å². The number of rotatable bonds is 7. The first kappa shape index (κ1) is 15.6. The van der Waals surface area contributed by atoms with Crippen LogP contribution in [0.3, 0.4) is 0 Å². The van der Waals surface area contributed by atoms with E-state index in [4.69, 9.17) is 23.2 Å². The van der Waals surface area contributed by atoms with E-state index in [1.165, 1.54) is 13.8 Å². The van der Waals surface area contributed by atoms with Crippen molar-refractivity contribution in [2.75, 3.05) is 13.2 Å². The van der Waals surface area contributed by atoms with Gasteiger partial charge in [0.15, 0.2) is 0 Å². The first-order valence-electron chi connectivity index (χ1n) is 4.34. The number of halogens is 4. The van der Waals surface area contributed by atoms with E-state index >= 15 is 0 Å². The van der Waals surface area contributed by atoms with Crippen LogP contribution in [0.15, 0.2) is 0 Å². The molecule has 0 saturated heterocycles. The maximum Gasteiger partial charge on any atom is 0.399 e. The predicted molar refractivity (Wildman–Crippen MR) is 55.9 cm³/mol. The molecule has 0 saturated carbocycles. The summed E-state index contributed by atoms with van der Waals surface area (Å²) in [6.45, 7) is 2.62. The Morgan fingerprint density at radius 3 is 1.93 bits per heavy atom. The monoisotopic (exact) mass is 284 g/mol. The zero-order valence-electron chi connectivity index (χ0n) is 8.38. The number of hydrogen-bond acceptors (Lipinski definition) is 3. The molecule has 0 aromatic heterocycles. The van der Waals surface area contributed by atoms with Crippen LogP contribution in [0.1, 0.15) is 20.3 Å². The molecule has 0 amide bonds. The SMILES string of the molecule is CCOP(=O)(OCC)C(F)(F)CC(Cl)Cl. The van der Waals surface area contributed by atoms with E-state index in [0.29, 0.717) is 0 Å². The quantitative estimate of drug-likeness (QED) is 0.523. The third-order valence-corrected chi connectivity index (χ3v) is 3.89. The maximum absolute atomic E-state index is 13.4. The molecule has 0 heterocycles. The van der Waals surface area contributed by atoms with Crippen LogP contribution >= 0.6 is 30.8 Å². The van der Waals surface area contributed by atoms with Crippen LogP contribution < -0.4 is 0 Å². The molecule has 15 heavy (non-hydrogen) atoms. The smallest absolute Gasteiger partial charge is 0.305 e. The molecular weight excluding hydrogens is 272 g/mol. The second-order valence-electron chi connectivity index (χ2n) is 2.59. The topological polar surface area (TPSA) is 35.5 Å². The standard InChI is InChI=1S/C7H13Cl2F2O3P/c1-3-13-15(12,14-4-2)7(10,11)5-6(8)9/h6H,3-5H2,1-2H3. The Hall–Kier alpha value is 0.590. The van der Waals surface area contributed by atoms with Crippen molar-refractivity contribution in [3.05, 3.63) is 0 Å². The van der Waals surface area contributed by atoms with Crippen molar-refractivity contribution < 1.29 is 22.4 Å². The Kier molecular flexibility index (Phi) is 6.61. The molecule has 0 fully saturated rings. The third-order valence-electron chi connectivity index (χ3n) is 1.40. The molecule has 0 N–H and O–H groups in total. The third kappa shape index (κ3) is 4.53. The van der Waals surface area contributed by atoms with Crippen LogP contribution in [0.4, 0.5) is 8.78 Å². The van der Waals surface area contributed by atoms with Gasteiger partial charge < -0.3 is 9.05 Å². The minimum atomic E-state index is -4.48. The van der Waals surface area contributed by atoms with Gasteiger partial charge in [-0.2, -0.15) is 8.78 Å². The van der Waals surface area contributed by atoms with Gasteiger partial charge in [0.25, 0.3) is 0 Å². The fourth-order valence-electron chi connectivity index (χ4n) is 0.864. The molecular formula is C7H13Cl2F2O3P. The average Bonchev–Trinajstić information content (AvgIpc) is 2.02. The largest absolute Gasteiger partial charge is 0.399 e.